The summed E-state index contributed by atoms with van der Waals surface area (Å²) in [6.45, 7) is 6.66. The van der Waals surface area contributed by atoms with Gasteiger partial charge in [0.2, 0.25) is 5.91 Å². The topological polar surface area (TPSA) is 79.6 Å². The Morgan fingerprint density at radius 2 is 2.00 bits per heavy atom. The van der Waals surface area contributed by atoms with E-state index in [9.17, 15) is 9.59 Å². The standard InChI is InChI=1S/C20H21N5O2S/c1-12-11-13(2)23-25-17(12)16(15-7-5-4-6-8-15)22-20(25)28-14(3)18(26)24-10-9-21-19(24)27/h4-8,11,14H,9-10H2,1-3H3,(H,21,27). The van der Waals surface area contributed by atoms with Gasteiger partial charge < -0.3 is 5.32 Å². The monoisotopic (exact) mass is 395 g/mol. The second kappa shape index (κ2) is 7.27. The van der Waals surface area contributed by atoms with Gasteiger partial charge in [-0.25, -0.2) is 14.3 Å². The highest BCUT2D eigenvalue weighted by Gasteiger charge is 2.31. The molecule has 1 saturated heterocycles. The molecule has 1 aliphatic rings. The first-order valence-corrected chi connectivity index (χ1v) is 10.0. The van der Waals surface area contributed by atoms with Crippen LogP contribution in [0.1, 0.15) is 18.2 Å². The largest absolute Gasteiger partial charge is 0.336 e. The highest BCUT2D eigenvalue weighted by Crippen LogP contribution is 2.32. The number of carbonyl (C=O) groups is 2. The molecule has 3 amide bonds. The van der Waals surface area contributed by atoms with Crippen LogP contribution in [0.5, 0.6) is 0 Å². The number of hydrogen-bond acceptors (Lipinski definition) is 5. The quantitative estimate of drug-likeness (QED) is 0.687. The highest BCUT2D eigenvalue weighted by molar-refractivity contribution is 8.00. The van der Waals surface area contributed by atoms with Crippen LogP contribution in [-0.4, -0.2) is 49.8 Å². The van der Waals surface area contributed by atoms with Crippen LogP contribution >= 0.6 is 11.8 Å². The molecule has 2 aromatic heterocycles. The molecule has 1 N–H and O–H groups in total. The van der Waals surface area contributed by atoms with Gasteiger partial charge in [0.25, 0.3) is 0 Å². The summed E-state index contributed by atoms with van der Waals surface area (Å²) in [5.41, 5.74) is 4.72. The molecule has 0 radical (unpaired) electrons. The number of hydrogen-bond donors (Lipinski definition) is 1. The number of aromatic nitrogens is 3. The Morgan fingerprint density at radius 1 is 1.25 bits per heavy atom. The molecule has 3 aromatic rings. The Hall–Kier alpha value is -2.87. The first kappa shape index (κ1) is 18.5. The lowest BCUT2D eigenvalue weighted by Gasteiger charge is -2.16. The van der Waals surface area contributed by atoms with E-state index in [-0.39, 0.29) is 11.9 Å². The number of thioether (sulfide) groups is 1. The molecular weight excluding hydrogens is 374 g/mol. The van der Waals surface area contributed by atoms with Crippen molar-refractivity contribution in [3.63, 3.8) is 0 Å². The van der Waals surface area contributed by atoms with Crippen LogP contribution < -0.4 is 5.32 Å². The third-order valence-electron chi connectivity index (χ3n) is 4.68. The number of fused-ring (bicyclic) bond motifs is 1. The van der Waals surface area contributed by atoms with Crippen LogP contribution in [0, 0.1) is 13.8 Å². The van der Waals surface area contributed by atoms with E-state index in [1.165, 1.54) is 16.7 Å². The molecule has 0 saturated carbocycles. The second-order valence-electron chi connectivity index (χ2n) is 6.82. The van der Waals surface area contributed by atoms with Gasteiger partial charge in [0, 0.05) is 18.7 Å². The van der Waals surface area contributed by atoms with Crippen molar-refractivity contribution in [3.05, 3.63) is 47.7 Å². The number of aryl methyl sites for hydroxylation is 2. The first-order valence-electron chi connectivity index (χ1n) is 9.14. The van der Waals surface area contributed by atoms with Crippen LogP contribution in [0.2, 0.25) is 0 Å². The Morgan fingerprint density at radius 3 is 2.68 bits per heavy atom. The SMILES string of the molecule is Cc1cc(C)c2c(-c3ccccc3)nc(SC(C)C(=O)N3CCNC3=O)n2n1. The molecule has 7 nitrogen and oxygen atoms in total. The normalized spacial score (nSPS) is 15.1. The van der Waals surface area contributed by atoms with Gasteiger partial charge in [-0.05, 0) is 32.4 Å². The summed E-state index contributed by atoms with van der Waals surface area (Å²) in [6.07, 6.45) is 0. The molecule has 1 atom stereocenters. The van der Waals surface area contributed by atoms with Gasteiger partial charge in [-0.2, -0.15) is 5.10 Å². The number of rotatable bonds is 4. The lowest BCUT2D eigenvalue weighted by molar-refractivity contribution is -0.126. The van der Waals surface area contributed by atoms with Crippen LogP contribution in [0.25, 0.3) is 16.8 Å². The molecule has 1 fully saturated rings. The third-order valence-corrected chi connectivity index (χ3v) is 5.71. The Bertz CT molecular complexity index is 1060. The summed E-state index contributed by atoms with van der Waals surface area (Å²) < 4.78 is 1.81. The molecule has 144 valence electrons. The summed E-state index contributed by atoms with van der Waals surface area (Å²) in [4.78, 5) is 30.6. The van der Waals surface area contributed by atoms with Crippen molar-refractivity contribution in [2.75, 3.05) is 13.1 Å². The zero-order valence-corrected chi connectivity index (χ0v) is 16.8. The maximum absolute atomic E-state index is 12.7. The summed E-state index contributed by atoms with van der Waals surface area (Å²) in [5, 5.41) is 7.48. The van der Waals surface area contributed by atoms with Crippen molar-refractivity contribution in [1.82, 2.24) is 24.8 Å². The molecule has 0 bridgehead atoms. The van der Waals surface area contributed by atoms with E-state index in [0.29, 0.717) is 18.2 Å². The fraction of sp³-hybridized carbons (Fsp3) is 0.300. The van der Waals surface area contributed by atoms with Crippen molar-refractivity contribution < 1.29 is 9.59 Å². The van der Waals surface area contributed by atoms with E-state index < -0.39 is 5.25 Å². The van der Waals surface area contributed by atoms with Crippen molar-refractivity contribution in [2.45, 2.75) is 31.2 Å². The molecule has 1 aliphatic heterocycles. The molecule has 3 heterocycles. The highest BCUT2D eigenvalue weighted by atomic mass is 32.2. The summed E-state index contributed by atoms with van der Waals surface area (Å²) in [6, 6.07) is 11.6. The average Bonchev–Trinajstić information content (AvgIpc) is 3.26. The third kappa shape index (κ3) is 3.24. The summed E-state index contributed by atoms with van der Waals surface area (Å²) in [5.74, 6) is -0.220. The van der Waals surface area contributed by atoms with Gasteiger partial charge in [0.1, 0.15) is 0 Å². The van der Waals surface area contributed by atoms with Gasteiger partial charge in [-0.3, -0.25) is 9.69 Å². The van der Waals surface area contributed by atoms with Crippen LogP contribution in [0.15, 0.2) is 41.6 Å². The smallest absolute Gasteiger partial charge is 0.324 e. The van der Waals surface area contributed by atoms with Crippen LogP contribution in [0.4, 0.5) is 4.79 Å². The number of benzene rings is 1. The number of carbonyl (C=O) groups excluding carboxylic acids is 2. The molecule has 0 spiro atoms. The second-order valence-corrected chi connectivity index (χ2v) is 8.13. The minimum atomic E-state index is -0.458. The number of nitrogens with one attached hydrogen (secondary N) is 1. The Kier molecular flexibility index (Phi) is 4.80. The van der Waals surface area contributed by atoms with Crippen molar-refractivity contribution in [1.29, 1.82) is 0 Å². The lowest BCUT2D eigenvalue weighted by atomic mass is 10.1. The van der Waals surface area contributed by atoms with Gasteiger partial charge in [0.05, 0.1) is 22.2 Å². The fourth-order valence-corrected chi connectivity index (χ4v) is 4.31. The minimum absolute atomic E-state index is 0.220. The molecular formula is C20H21N5O2S. The van der Waals surface area contributed by atoms with Crippen LogP contribution in [0.3, 0.4) is 0 Å². The molecule has 1 aromatic carbocycles. The van der Waals surface area contributed by atoms with Gasteiger partial charge in [0.15, 0.2) is 5.16 Å². The Balaban J connectivity index is 1.75. The van der Waals surface area contributed by atoms with E-state index >= 15 is 0 Å². The predicted molar refractivity (Wildman–Crippen MR) is 108 cm³/mol. The fourth-order valence-electron chi connectivity index (χ4n) is 3.39. The van der Waals surface area contributed by atoms with Gasteiger partial charge in [-0.1, -0.05) is 42.1 Å². The number of imide groups is 1. The van der Waals surface area contributed by atoms with E-state index in [1.807, 2.05) is 54.8 Å². The van der Waals surface area contributed by atoms with Crippen molar-refractivity contribution in [3.8, 4) is 11.3 Å². The number of imidazole rings is 1. The van der Waals surface area contributed by atoms with E-state index in [2.05, 4.69) is 10.4 Å². The lowest BCUT2D eigenvalue weighted by Crippen LogP contribution is -2.39. The van der Waals surface area contributed by atoms with Crippen molar-refractivity contribution in [2.24, 2.45) is 0 Å². The van der Waals surface area contributed by atoms with E-state index in [0.717, 1.165) is 28.0 Å². The van der Waals surface area contributed by atoms with Gasteiger partial charge >= 0.3 is 6.03 Å². The average molecular weight is 395 g/mol. The molecule has 1 unspecified atom stereocenters. The maximum Gasteiger partial charge on any atom is 0.324 e. The first-order chi connectivity index (χ1) is 13.5. The zero-order valence-electron chi connectivity index (χ0n) is 16.0. The summed E-state index contributed by atoms with van der Waals surface area (Å²) >= 11 is 1.32. The zero-order chi connectivity index (χ0) is 19.8. The number of nitrogens with zero attached hydrogens (tertiary/aromatic N) is 4. The minimum Gasteiger partial charge on any atom is -0.336 e. The molecule has 4 rings (SSSR count). The number of amides is 3. The van der Waals surface area contributed by atoms with E-state index in [1.54, 1.807) is 6.92 Å². The molecule has 28 heavy (non-hydrogen) atoms. The molecule has 8 heteroatoms. The maximum atomic E-state index is 12.7. The van der Waals surface area contributed by atoms with Gasteiger partial charge in [-0.15, -0.1) is 0 Å². The summed E-state index contributed by atoms with van der Waals surface area (Å²) in [7, 11) is 0. The van der Waals surface area contributed by atoms with Crippen molar-refractivity contribution >= 4 is 29.2 Å². The van der Waals surface area contributed by atoms with E-state index in [4.69, 9.17) is 4.98 Å². The Labute approximate surface area is 167 Å². The predicted octanol–water partition coefficient (Wildman–Crippen LogP) is 3.05. The number of urea groups is 1. The van der Waals surface area contributed by atoms with Crippen LogP contribution in [-0.2, 0) is 4.79 Å². The molecule has 0 aliphatic carbocycles.